The van der Waals surface area contributed by atoms with Crippen LogP contribution in [0.15, 0.2) is 22.7 Å². The predicted molar refractivity (Wildman–Crippen MR) is 82.3 cm³/mol. The molecule has 3 nitrogen and oxygen atoms in total. The van der Waals surface area contributed by atoms with Crippen LogP contribution >= 0.6 is 27.5 Å². The minimum atomic E-state index is -0.433. The lowest BCUT2D eigenvalue weighted by Gasteiger charge is -2.13. The Kier molecular flexibility index (Phi) is 4.83. The first kappa shape index (κ1) is 15.5. The lowest BCUT2D eigenvalue weighted by atomic mass is 10.0. The normalized spacial score (nSPS) is 12.7. The van der Waals surface area contributed by atoms with E-state index in [1.54, 1.807) is 12.1 Å². The van der Waals surface area contributed by atoms with E-state index >= 15 is 0 Å². The minimum absolute atomic E-state index is 0.0938. The highest BCUT2D eigenvalue weighted by atomic mass is 79.9. The summed E-state index contributed by atoms with van der Waals surface area (Å²) in [5.74, 6) is -0.433. The van der Waals surface area contributed by atoms with Gasteiger partial charge in [0.05, 0.1) is 20.9 Å². The van der Waals surface area contributed by atoms with Crippen LogP contribution in [0, 0.1) is 5.82 Å². The molecular formula is C14H16BrClFN3. The van der Waals surface area contributed by atoms with E-state index in [9.17, 15) is 4.39 Å². The van der Waals surface area contributed by atoms with Crippen molar-refractivity contribution in [3.05, 3.63) is 50.5 Å². The number of hydrogen-bond donors (Lipinski definition) is 1. The third kappa shape index (κ3) is 3.05. The van der Waals surface area contributed by atoms with Crippen molar-refractivity contribution >= 4 is 27.5 Å². The van der Waals surface area contributed by atoms with Crippen LogP contribution in [0.5, 0.6) is 0 Å². The van der Waals surface area contributed by atoms with Crippen LogP contribution in [0.3, 0.4) is 0 Å². The Morgan fingerprint density at radius 2 is 2.20 bits per heavy atom. The Bertz CT molecular complexity index is 627. The molecule has 1 aromatic carbocycles. The second kappa shape index (κ2) is 6.24. The van der Waals surface area contributed by atoms with Crippen LogP contribution in [0.4, 0.5) is 4.39 Å². The molecule has 20 heavy (non-hydrogen) atoms. The molecule has 0 aliphatic carbocycles. The largest absolute Gasteiger partial charge is 0.324 e. The molecule has 2 rings (SSSR count). The number of hydrogen-bond acceptors (Lipinski definition) is 2. The van der Waals surface area contributed by atoms with Gasteiger partial charge in [-0.15, -0.1) is 0 Å². The highest BCUT2D eigenvalue weighted by Gasteiger charge is 2.17. The zero-order valence-electron chi connectivity index (χ0n) is 11.3. The highest BCUT2D eigenvalue weighted by Crippen LogP contribution is 2.27. The summed E-state index contributed by atoms with van der Waals surface area (Å²) in [6.07, 6.45) is 1.46. The smallest absolute Gasteiger partial charge is 0.141 e. The molecule has 2 aromatic rings. The van der Waals surface area contributed by atoms with E-state index < -0.39 is 5.82 Å². The van der Waals surface area contributed by atoms with Gasteiger partial charge in [-0.25, -0.2) is 4.39 Å². The van der Waals surface area contributed by atoms with Gasteiger partial charge in [-0.3, -0.25) is 4.68 Å². The third-order valence-corrected chi connectivity index (χ3v) is 4.49. The fourth-order valence-electron chi connectivity index (χ4n) is 2.11. The molecule has 6 heteroatoms. The molecule has 1 atom stereocenters. The lowest BCUT2D eigenvalue weighted by molar-refractivity contribution is 0.618. The van der Waals surface area contributed by atoms with Crippen molar-refractivity contribution in [2.45, 2.75) is 25.8 Å². The van der Waals surface area contributed by atoms with E-state index in [0.29, 0.717) is 6.42 Å². The molecule has 1 heterocycles. The number of nitrogens with two attached hydrogens (primary N) is 1. The average molecular weight is 361 g/mol. The molecule has 108 valence electrons. The van der Waals surface area contributed by atoms with E-state index in [1.165, 1.54) is 6.07 Å². The number of nitrogens with zero attached hydrogens (tertiary/aromatic N) is 2. The topological polar surface area (TPSA) is 43.8 Å². The summed E-state index contributed by atoms with van der Waals surface area (Å²) in [7, 11) is 1.89. The molecule has 0 radical (unpaired) electrons. The van der Waals surface area contributed by atoms with Gasteiger partial charge in [0.1, 0.15) is 5.82 Å². The van der Waals surface area contributed by atoms with Crippen molar-refractivity contribution in [2.24, 2.45) is 12.8 Å². The van der Waals surface area contributed by atoms with Crippen LogP contribution < -0.4 is 5.73 Å². The second-order valence-electron chi connectivity index (χ2n) is 4.67. The maximum Gasteiger partial charge on any atom is 0.141 e. The fourth-order valence-corrected chi connectivity index (χ4v) is 3.08. The zero-order valence-corrected chi connectivity index (χ0v) is 13.7. The molecular weight excluding hydrogens is 345 g/mol. The number of rotatable bonds is 4. The highest BCUT2D eigenvalue weighted by molar-refractivity contribution is 9.10. The van der Waals surface area contributed by atoms with Crippen LogP contribution in [0.1, 0.15) is 29.9 Å². The van der Waals surface area contributed by atoms with Gasteiger partial charge in [-0.1, -0.05) is 24.6 Å². The van der Waals surface area contributed by atoms with Gasteiger partial charge in [0, 0.05) is 19.5 Å². The SMILES string of the molecule is CCc1nn(C)c(CC(N)c2ccc(F)c(Cl)c2)c1Br. The van der Waals surface area contributed by atoms with Crippen molar-refractivity contribution in [3.63, 3.8) is 0 Å². The van der Waals surface area contributed by atoms with Crippen molar-refractivity contribution < 1.29 is 4.39 Å². The third-order valence-electron chi connectivity index (χ3n) is 3.29. The van der Waals surface area contributed by atoms with Gasteiger partial charge < -0.3 is 5.73 Å². The first-order valence-corrected chi connectivity index (χ1v) is 7.51. The molecule has 1 unspecified atom stereocenters. The molecule has 1 aromatic heterocycles. The second-order valence-corrected chi connectivity index (χ2v) is 5.87. The van der Waals surface area contributed by atoms with E-state index in [4.69, 9.17) is 17.3 Å². The molecule has 0 saturated heterocycles. The first-order chi connectivity index (χ1) is 9.43. The monoisotopic (exact) mass is 359 g/mol. The molecule has 0 aliphatic heterocycles. The number of benzene rings is 1. The first-order valence-electron chi connectivity index (χ1n) is 6.34. The Hall–Kier alpha value is -0.910. The maximum absolute atomic E-state index is 13.2. The lowest BCUT2D eigenvalue weighted by Crippen LogP contribution is -2.15. The Balaban J connectivity index is 2.25. The number of aryl methyl sites for hydroxylation is 2. The van der Waals surface area contributed by atoms with Gasteiger partial charge in [0.25, 0.3) is 0 Å². The molecule has 2 N–H and O–H groups in total. The quantitative estimate of drug-likeness (QED) is 0.902. The summed E-state index contributed by atoms with van der Waals surface area (Å²) < 4.78 is 16.0. The van der Waals surface area contributed by atoms with Crippen molar-refractivity contribution in [1.29, 1.82) is 0 Å². The van der Waals surface area contributed by atoms with Crippen molar-refractivity contribution in [3.8, 4) is 0 Å². The van der Waals surface area contributed by atoms with Crippen LogP contribution in [0.2, 0.25) is 5.02 Å². The summed E-state index contributed by atoms with van der Waals surface area (Å²) >= 11 is 9.36. The molecule has 0 saturated carbocycles. The maximum atomic E-state index is 13.2. The van der Waals surface area contributed by atoms with Crippen LogP contribution in [-0.2, 0) is 19.9 Å². The van der Waals surface area contributed by atoms with E-state index in [-0.39, 0.29) is 11.1 Å². The standard InChI is InChI=1S/C14H16BrClFN3/c1-3-12-14(15)13(20(2)19-12)7-11(18)8-4-5-10(17)9(16)6-8/h4-6,11H,3,7,18H2,1-2H3. The summed E-state index contributed by atoms with van der Waals surface area (Å²) in [6, 6.07) is 4.32. The average Bonchev–Trinajstić information content (AvgIpc) is 2.69. The summed E-state index contributed by atoms with van der Waals surface area (Å²) in [5.41, 5.74) is 9.03. The summed E-state index contributed by atoms with van der Waals surface area (Å²) in [6.45, 7) is 2.05. The molecule has 0 fully saturated rings. The van der Waals surface area contributed by atoms with Crippen molar-refractivity contribution in [1.82, 2.24) is 9.78 Å². The van der Waals surface area contributed by atoms with Gasteiger partial charge in [0.15, 0.2) is 0 Å². The molecule has 0 bridgehead atoms. The van der Waals surface area contributed by atoms with Crippen LogP contribution in [-0.4, -0.2) is 9.78 Å². The molecule has 0 aliphatic rings. The molecule has 0 spiro atoms. The van der Waals surface area contributed by atoms with Crippen molar-refractivity contribution in [2.75, 3.05) is 0 Å². The van der Waals surface area contributed by atoms with Crippen LogP contribution in [0.25, 0.3) is 0 Å². The zero-order chi connectivity index (χ0) is 14.9. The van der Waals surface area contributed by atoms with E-state index in [1.807, 2.05) is 11.7 Å². The predicted octanol–water partition coefficient (Wildman–Crippen LogP) is 3.78. The van der Waals surface area contributed by atoms with Gasteiger partial charge in [-0.2, -0.15) is 5.10 Å². The van der Waals surface area contributed by atoms with E-state index in [2.05, 4.69) is 28.0 Å². The Morgan fingerprint density at radius 3 is 2.75 bits per heavy atom. The Morgan fingerprint density at radius 1 is 1.50 bits per heavy atom. The molecule has 0 amide bonds. The number of aromatic nitrogens is 2. The summed E-state index contributed by atoms with van der Waals surface area (Å²) in [4.78, 5) is 0. The Labute approximate surface area is 131 Å². The minimum Gasteiger partial charge on any atom is -0.324 e. The van der Waals surface area contributed by atoms with E-state index in [0.717, 1.165) is 27.8 Å². The number of halogens is 3. The fraction of sp³-hybridized carbons (Fsp3) is 0.357. The van der Waals surface area contributed by atoms with Gasteiger partial charge >= 0.3 is 0 Å². The summed E-state index contributed by atoms with van der Waals surface area (Å²) in [5, 5.41) is 4.53. The van der Waals surface area contributed by atoms with Gasteiger partial charge in [-0.05, 0) is 40.0 Å². The van der Waals surface area contributed by atoms with Gasteiger partial charge in [0.2, 0.25) is 0 Å².